The van der Waals surface area contributed by atoms with Crippen molar-refractivity contribution in [2.24, 2.45) is 0 Å². The maximum atomic E-state index is 13.6. The van der Waals surface area contributed by atoms with Crippen LogP contribution < -0.4 is 10.1 Å². The molecule has 5 nitrogen and oxygen atoms in total. The van der Waals surface area contributed by atoms with Gasteiger partial charge < -0.3 is 15.0 Å². The average molecular weight is 411 g/mol. The first-order chi connectivity index (χ1) is 12.9. The number of carbonyl (C=O) groups excluding carboxylic acids is 2. The SMILES string of the molecule is COc1ccc(F)cc1C(=O)N1CCCC1C(=O)Nc1cc(Cl)cc(Cl)c1. The summed E-state index contributed by atoms with van der Waals surface area (Å²) in [7, 11) is 1.40. The van der Waals surface area contributed by atoms with Crippen LogP contribution in [0, 0.1) is 5.82 Å². The summed E-state index contributed by atoms with van der Waals surface area (Å²) >= 11 is 11.9. The van der Waals surface area contributed by atoms with Crippen LogP contribution in [-0.2, 0) is 4.79 Å². The third-order valence-corrected chi connectivity index (χ3v) is 4.77. The number of hydrogen-bond donors (Lipinski definition) is 1. The van der Waals surface area contributed by atoms with E-state index in [4.69, 9.17) is 27.9 Å². The molecule has 1 saturated heterocycles. The zero-order valence-electron chi connectivity index (χ0n) is 14.5. The Hall–Kier alpha value is -2.31. The fraction of sp³-hybridized carbons (Fsp3) is 0.263. The second-order valence-electron chi connectivity index (χ2n) is 6.15. The lowest BCUT2D eigenvalue weighted by molar-refractivity contribution is -0.119. The molecule has 0 spiro atoms. The summed E-state index contributed by atoms with van der Waals surface area (Å²) in [6.07, 6.45) is 1.17. The second kappa shape index (κ2) is 8.15. The topological polar surface area (TPSA) is 58.6 Å². The van der Waals surface area contributed by atoms with Gasteiger partial charge in [-0.15, -0.1) is 0 Å². The number of nitrogens with zero attached hydrogens (tertiary/aromatic N) is 1. The highest BCUT2D eigenvalue weighted by atomic mass is 35.5. The quantitative estimate of drug-likeness (QED) is 0.812. The van der Waals surface area contributed by atoms with E-state index in [0.29, 0.717) is 35.1 Å². The van der Waals surface area contributed by atoms with Crippen LogP contribution >= 0.6 is 23.2 Å². The minimum Gasteiger partial charge on any atom is -0.496 e. The van der Waals surface area contributed by atoms with Crippen LogP contribution in [0.25, 0.3) is 0 Å². The van der Waals surface area contributed by atoms with Crippen molar-refractivity contribution in [1.29, 1.82) is 0 Å². The summed E-state index contributed by atoms with van der Waals surface area (Å²) in [6, 6.07) is 7.74. The second-order valence-corrected chi connectivity index (χ2v) is 7.02. The van der Waals surface area contributed by atoms with E-state index in [1.807, 2.05) is 0 Å². The molecule has 1 N–H and O–H groups in total. The van der Waals surface area contributed by atoms with E-state index in [1.54, 1.807) is 18.2 Å². The van der Waals surface area contributed by atoms with Crippen LogP contribution in [0.1, 0.15) is 23.2 Å². The molecule has 0 bridgehead atoms. The molecule has 1 atom stereocenters. The van der Waals surface area contributed by atoms with E-state index < -0.39 is 17.8 Å². The van der Waals surface area contributed by atoms with E-state index in [-0.39, 0.29) is 17.2 Å². The van der Waals surface area contributed by atoms with Gasteiger partial charge in [0.2, 0.25) is 5.91 Å². The fourth-order valence-corrected chi connectivity index (χ4v) is 3.66. The van der Waals surface area contributed by atoms with Gasteiger partial charge in [0, 0.05) is 22.3 Å². The molecular weight excluding hydrogens is 394 g/mol. The number of amides is 2. The summed E-state index contributed by atoms with van der Waals surface area (Å²) in [5.41, 5.74) is 0.531. The summed E-state index contributed by atoms with van der Waals surface area (Å²) < 4.78 is 18.8. The lowest BCUT2D eigenvalue weighted by atomic mass is 10.1. The molecule has 0 aliphatic carbocycles. The number of benzene rings is 2. The highest BCUT2D eigenvalue weighted by molar-refractivity contribution is 6.35. The molecule has 2 aromatic rings. The highest BCUT2D eigenvalue weighted by Gasteiger charge is 2.35. The molecule has 0 saturated carbocycles. The number of likely N-dealkylation sites (tertiary alicyclic amines) is 1. The highest BCUT2D eigenvalue weighted by Crippen LogP contribution is 2.28. The van der Waals surface area contributed by atoms with Crippen molar-refractivity contribution in [2.75, 3.05) is 19.0 Å². The molecule has 3 rings (SSSR count). The Kier molecular flexibility index (Phi) is 5.87. The normalized spacial score (nSPS) is 16.3. The lowest BCUT2D eigenvalue weighted by Crippen LogP contribution is -2.43. The number of rotatable bonds is 4. The zero-order valence-corrected chi connectivity index (χ0v) is 16.0. The molecule has 1 unspecified atom stereocenters. The molecule has 142 valence electrons. The molecule has 0 radical (unpaired) electrons. The van der Waals surface area contributed by atoms with Crippen molar-refractivity contribution < 1.29 is 18.7 Å². The zero-order chi connectivity index (χ0) is 19.6. The summed E-state index contributed by atoms with van der Waals surface area (Å²) in [6.45, 7) is 0.396. The van der Waals surface area contributed by atoms with E-state index in [0.717, 1.165) is 6.07 Å². The molecule has 1 aliphatic rings. The number of ether oxygens (including phenoxy) is 1. The predicted octanol–water partition coefficient (Wildman–Crippen LogP) is 4.38. The Morgan fingerprint density at radius 2 is 1.89 bits per heavy atom. The molecule has 27 heavy (non-hydrogen) atoms. The number of nitrogens with one attached hydrogen (secondary N) is 1. The van der Waals surface area contributed by atoms with Gasteiger partial charge in [-0.05, 0) is 49.2 Å². The van der Waals surface area contributed by atoms with Crippen molar-refractivity contribution >= 4 is 40.7 Å². The van der Waals surface area contributed by atoms with Gasteiger partial charge in [0.15, 0.2) is 0 Å². The first kappa shape index (κ1) is 19.5. The molecule has 1 aliphatic heterocycles. The standard InChI is InChI=1S/C19H17Cl2FN2O3/c1-27-17-5-4-13(22)10-15(17)19(26)24-6-2-3-16(24)18(25)23-14-8-11(20)7-12(21)9-14/h4-5,7-10,16H,2-3,6H2,1H3,(H,23,25). The van der Waals surface area contributed by atoms with Gasteiger partial charge >= 0.3 is 0 Å². The number of anilines is 1. The van der Waals surface area contributed by atoms with Gasteiger partial charge in [-0.25, -0.2) is 4.39 Å². The lowest BCUT2D eigenvalue weighted by Gasteiger charge is -2.25. The van der Waals surface area contributed by atoms with Gasteiger partial charge in [-0.3, -0.25) is 9.59 Å². The van der Waals surface area contributed by atoms with Crippen LogP contribution in [0.3, 0.4) is 0 Å². The third kappa shape index (κ3) is 4.34. The minimum atomic E-state index is -0.678. The minimum absolute atomic E-state index is 0.0861. The number of halogens is 3. The van der Waals surface area contributed by atoms with Gasteiger partial charge in [0.1, 0.15) is 17.6 Å². The number of carbonyl (C=O) groups is 2. The Labute approximate surface area is 166 Å². The van der Waals surface area contributed by atoms with Crippen molar-refractivity contribution in [2.45, 2.75) is 18.9 Å². The van der Waals surface area contributed by atoms with E-state index in [2.05, 4.69) is 5.32 Å². The van der Waals surface area contributed by atoms with Crippen molar-refractivity contribution in [3.63, 3.8) is 0 Å². The first-order valence-electron chi connectivity index (χ1n) is 8.30. The molecule has 2 aromatic carbocycles. The smallest absolute Gasteiger partial charge is 0.258 e. The van der Waals surface area contributed by atoms with Gasteiger partial charge in [0.05, 0.1) is 12.7 Å². The van der Waals surface area contributed by atoms with Gasteiger partial charge in [-0.2, -0.15) is 0 Å². The summed E-state index contributed by atoms with van der Waals surface area (Å²) in [5.74, 6) is -1.09. The maximum Gasteiger partial charge on any atom is 0.258 e. The van der Waals surface area contributed by atoms with Crippen LogP contribution in [-0.4, -0.2) is 36.4 Å². The molecule has 2 amide bonds. The molecule has 1 heterocycles. The van der Waals surface area contributed by atoms with Gasteiger partial charge in [-0.1, -0.05) is 23.2 Å². The summed E-state index contributed by atoms with van der Waals surface area (Å²) in [4.78, 5) is 27.0. The number of methoxy groups -OCH3 is 1. The number of hydrogen-bond acceptors (Lipinski definition) is 3. The van der Waals surface area contributed by atoms with Gasteiger partial charge in [0.25, 0.3) is 5.91 Å². The van der Waals surface area contributed by atoms with Crippen molar-refractivity contribution in [1.82, 2.24) is 4.90 Å². The van der Waals surface area contributed by atoms with E-state index >= 15 is 0 Å². The van der Waals surface area contributed by atoms with E-state index in [9.17, 15) is 14.0 Å². The third-order valence-electron chi connectivity index (χ3n) is 4.34. The fourth-order valence-electron chi connectivity index (χ4n) is 3.14. The molecule has 1 fully saturated rings. The maximum absolute atomic E-state index is 13.6. The molecular formula is C19H17Cl2FN2O3. The Balaban J connectivity index is 1.81. The predicted molar refractivity (Wildman–Crippen MR) is 102 cm³/mol. The monoisotopic (exact) mass is 410 g/mol. The largest absolute Gasteiger partial charge is 0.496 e. The van der Waals surface area contributed by atoms with Crippen molar-refractivity contribution in [3.05, 3.63) is 57.8 Å². The first-order valence-corrected chi connectivity index (χ1v) is 9.06. The van der Waals surface area contributed by atoms with Crippen LogP contribution in [0.15, 0.2) is 36.4 Å². The average Bonchev–Trinajstić information content (AvgIpc) is 3.10. The molecule has 0 aromatic heterocycles. The Morgan fingerprint density at radius 1 is 1.19 bits per heavy atom. The van der Waals surface area contributed by atoms with Crippen LogP contribution in [0.4, 0.5) is 10.1 Å². The Bertz CT molecular complexity index is 871. The Morgan fingerprint density at radius 3 is 2.56 bits per heavy atom. The van der Waals surface area contributed by atoms with Crippen LogP contribution in [0.5, 0.6) is 5.75 Å². The van der Waals surface area contributed by atoms with Crippen LogP contribution in [0.2, 0.25) is 10.0 Å². The summed E-state index contributed by atoms with van der Waals surface area (Å²) in [5, 5.41) is 3.52. The molecule has 8 heteroatoms. The van der Waals surface area contributed by atoms with E-state index in [1.165, 1.54) is 24.1 Å². The van der Waals surface area contributed by atoms with Crippen molar-refractivity contribution in [3.8, 4) is 5.75 Å².